The second-order valence-electron chi connectivity index (χ2n) is 2.72. The van der Waals surface area contributed by atoms with Crippen molar-refractivity contribution in [2.24, 2.45) is 0 Å². The van der Waals surface area contributed by atoms with Crippen LogP contribution in [0.15, 0.2) is 23.5 Å². The van der Waals surface area contributed by atoms with Crippen LogP contribution < -0.4 is 5.32 Å². The molecule has 1 rings (SSSR count). The molecule has 1 atom stereocenters. The van der Waals surface area contributed by atoms with E-state index in [1.165, 1.54) is 32.5 Å². The first-order valence-corrected chi connectivity index (χ1v) is 4.59. The highest BCUT2D eigenvalue weighted by Gasteiger charge is 2.36. The monoisotopic (exact) mass is 236 g/mol. The van der Waals surface area contributed by atoms with Gasteiger partial charge in [-0.1, -0.05) is 23.2 Å². The zero-order valence-electron chi connectivity index (χ0n) is 7.75. The number of rotatable bonds is 2. The smallest absolute Gasteiger partial charge is 0.275 e. The molecule has 0 radical (unpaired) electrons. The summed E-state index contributed by atoms with van der Waals surface area (Å²) in [6, 6.07) is 0. The molecule has 1 aliphatic heterocycles. The quantitative estimate of drug-likeness (QED) is 0.445. The van der Waals surface area contributed by atoms with Crippen molar-refractivity contribution in [3.05, 3.63) is 23.5 Å². The molecule has 1 N–H and O–H groups in total. The third-order valence-corrected chi connectivity index (χ3v) is 2.39. The van der Waals surface area contributed by atoms with E-state index < -0.39 is 10.8 Å². The number of carbonyl (C=O) groups is 1. The van der Waals surface area contributed by atoms with Crippen LogP contribution in [0.2, 0.25) is 0 Å². The number of hydrogen-bond acceptors (Lipinski definition) is 3. The molecule has 0 saturated heterocycles. The number of hydrogen-bond donors (Lipinski definition) is 1. The van der Waals surface area contributed by atoms with Crippen LogP contribution in [0.1, 0.15) is 0 Å². The number of nitrogens with one attached hydrogen (secondary N) is 1. The Balaban J connectivity index is 2.89. The summed E-state index contributed by atoms with van der Waals surface area (Å²) in [5, 5.41) is 4.05. The number of alkyl halides is 1. The summed E-state index contributed by atoms with van der Waals surface area (Å²) in [6.45, 7) is 0. The second-order valence-corrected chi connectivity index (χ2v) is 3.76. The van der Waals surface area contributed by atoms with Gasteiger partial charge in [-0.15, -0.1) is 0 Å². The van der Waals surface area contributed by atoms with Gasteiger partial charge >= 0.3 is 0 Å². The maximum atomic E-state index is 11.7. The minimum Gasteiger partial charge on any atom is -0.353 e. The van der Waals surface area contributed by atoms with Gasteiger partial charge in [0.2, 0.25) is 0 Å². The Morgan fingerprint density at radius 3 is 2.86 bits per heavy atom. The standard InChI is InChI=1S/C8H10Cl2N2O2/c1-12(14-2)7(13)8(10)3-4-11-6(9)5-8/h3-5,11H,1-2H3. The Morgan fingerprint density at radius 2 is 2.36 bits per heavy atom. The summed E-state index contributed by atoms with van der Waals surface area (Å²) in [7, 11) is 2.86. The molecule has 0 saturated carbocycles. The van der Waals surface area contributed by atoms with Crippen molar-refractivity contribution in [3.63, 3.8) is 0 Å². The van der Waals surface area contributed by atoms with Crippen molar-refractivity contribution in [1.82, 2.24) is 10.4 Å². The van der Waals surface area contributed by atoms with Crippen LogP contribution in [0, 0.1) is 0 Å². The minimum atomic E-state index is -1.27. The fraction of sp³-hybridized carbons (Fsp3) is 0.375. The molecule has 14 heavy (non-hydrogen) atoms. The Bertz CT molecular complexity index is 304. The lowest BCUT2D eigenvalue weighted by atomic mass is 10.1. The molecule has 0 fully saturated rings. The van der Waals surface area contributed by atoms with E-state index in [0.717, 1.165) is 5.06 Å². The van der Waals surface area contributed by atoms with Gasteiger partial charge in [0.25, 0.3) is 5.91 Å². The highest BCUT2D eigenvalue weighted by molar-refractivity contribution is 6.39. The molecule has 0 aromatic carbocycles. The molecule has 0 aliphatic carbocycles. The third-order valence-electron chi connectivity index (χ3n) is 1.77. The van der Waals surface area contributed by atoms with Crippen LogP contribution in [0.4, 0.5) is 0 Å². The number of amides is 1. The van der Waals surface area contributed by atoms with Crippen LogP contribution in [0.3, 0.4) is 0 Å². The fourth-order valence-corrected chi connectivity index (χ4v) is 1.56. The molecule has 1 aliphatic rings. The van der Waals surface area contributed by atoms with Crippen LogP contribution in [-0.2, 0) is 9.63 Å². The number of nitrogens with zero attached hydrogens (tertiary/aromatic N) is 1. The van der Waals surface area contributed by atoms with Gasteiger partial charge in [0.05, 0.1) is 7.11 Å². The maximum Gasteiger partial charge on any atom is 0.275 e. The van der Waals surface area contributed by atoms with E-state index in [4.69, 9.17) is 28.0 Å². The van der Waals surface area contributed by atoms with Crippen LogP contribution in [0.25, 0.3) is 0 Å². The molecular formula is C8H10Cl2N2O2. The highest BCUT2D eigenvalue weighted by atomic mass is 35.5. The highest BCUT2D eigenvalue weighted by Crippen LogP contribution is 2.26. The van der Waals surface area contributed by atoms with Crippen molar-refractivity contribution >= 4 is 29.1 Å². The van der Waals surface area contributed by atoms with E-state index in [2.05, 4.69) is 5.32 Å². The van der Waals surface area contributed by atoms with Crippen molar-refractivity contribution < 1.29 is 9.63 Å². The zero-order chi connectivity index (χ0) is 10.8. The van der Waals surface area contributed by atoms with Crippen LogP contribution in [-0.4, -0.2) is 30.0 Å². The van der Waals surface area contributed by atoms with Gasteiger partial charge in [0.1, 0.15) is 5.16 Å². The summed E-state index contributed by atoms with van der Waals surface area (Å²) in [6.07, 6.45) is 4.42. The first kappa shape index (κ1) is 11.4. The lowest BCUT2D eigenvalue weighted by molar-refractivity contribution is -0.169. The molecule has 1 unspecified atom stereocenters. The Kier molecular flexibility index (Phi) is 3.42. The summed E-state index contributed by atoms with van der Waals surface area (Å²) in [5.74, 6) is -0.405. The average molecular weight is 237 g/mol. The molecule has 6 heteroatoms. The van der Waals surface area contributed by atoms with Gasteiger partial charge < -0.3 is 5.32 Å². The normalized spacial score (nSPS) is 25.3. The number of dihydropyridines is 1. The molecule has 0 bridgehead atoms. The van der Waals surface area contributed by atoms with Gasteiger partial charge in [-0.2, -0.15) is 0 Å². The van der Waals surface area contributed by atoms with Crippen molar-refractivity contribution in [3.8, 4) is 0 Å². The summed E-state index contributed by atoms with van der Waals surface area (Å²) >= 11 is 11.7. The third kappa shape index (κ3) is 2.20. The molecule has 0 aromatic rings. The molecule has 4 nitrogen and oxygen atoms in total. The predicted octanol–water partition coefficient (Wildman–Crippen LogP) is 1.18. The van der Waals surface area contributed by atoms with Gasteiger partial charge in [0, 0.05) is 13.2 Å². The van der Waals surface area contributed by atoms with E-state index in [-0.39, 0.29) is 0 Å². The molecule has 1 heterocycles. The van der Waals surface area contributed by atoms with Gasteiger partial charge in [-0.3, -0.25) is 9.63 Å². The SMILES string of the molecule is CON(C)C(=O)C1(Cl)C=CNC(Cl)=C1. The number of carbonyl (C=O) groups excluding carboxylic acids is 1. The average Bonchev–Trinajstić information content (AvgIpc) is 2.15. The lowest BCUT2D eigenvalue weighted by Gasteiger charge is -2.26. The largest absolute Gasteiger partial charge is 0.353 e. The predicted molar refractivity (Wildman–Crippen MR) is 54.6 cm³/mol. The van der Waals surface area contributed by atoms with Crippen LogP contribution >= 0.6 is 23.2 Å². The number of hydroxylamine groups is 2. The van der Waals surface area contributed by atoms with Gasteiger partial charge in [-0.05, 0) is 12.2 Å². The summed E-state index contributed by atoms with van der Waals surface area (Å²) < 4.78 is 0. The minimum absolute atomic E-state index is 0.306. The Morgan fingerprint density at radius 1 is 1.71 bits per heavy atom. The van der Waals surface area contributed by atoms with Crippen molar-refractivity contribution in [2.75, 3.05) is 14.2 Å². The summed E-state index contributed by atoms with van der Waals surface area (Å²) in [4.78, 5) is 15.2. The van der Waals surface area contributed by atoms with E-state index >= 15 is 0 Å². The van der Waals surface area contributed by atoms with Crippen LogP contribution in [0.5, 0.6) is 0 Å². The fourth-order valence-electron chi connectivity index (χ4n) is 0.974. The number of halogens is 2. The lowest BCUT2D eigenvalue weighted by Crippen LogP contribution is -2.42. The second kappa shape index (κ2) is 4.21. The van der Waals surface area contributed by atoms with E-state index in [1.807, 2.05) is 0 Å². The first-order valence-electron chi connectivity index (χ1n) is 3.83. The van der Waals surface area contributed by atoms with Crippen molar-refractivity contribution in [1.29, 1.82) is 0 Å². The topological polar surface area (TPSA) is 41.6 Å². The Labute approximate surface area is 92.1 Å². The van der Waals surface area contributed by atoms with Gasteiger partial charge in [-0.25, -0.2) is 5.06 Å². The van der Waals surface area contributed by atoms with E-state index in [9.17, 15) is 4.79 Å². The Hall–Kier alpha value is -0.710. The van der Waals surface area contributed by atoms with Gasteiger partial charge in [0.15, 0.2) is 4.87 Å². The van der Waals surface area contributed by atoms with E-state index in [0.29, 0.717) is 5.16 Å². The molecule has 1 amide bonds. The van der Waals surface area contributed by atoms with E-state index in [1.54, 1.807) is 0 Å². The molecule has 0 aromatic heterocycles. The molecule has 0 spiro atoms. The molecular weight excluding hydrogens is 227 g/mol. The van der Waals surface area contributed by atoms with Crippen molar-refractivity contribution in [2.45, 2.75) is 4.87 Å². The zero-order valence-corrected chi connectivity index (χ0v) is 9.26. The first-order chi connectivity index (χ1) is 6.49. The summed E-state index contributed by atoms with van der Waals surface area (Å²) in [5.41, 5.74) is 0. The molecule has 78 valence electrons. The maximum absolute atomic E-state index is 11.7.